The number of hydrogen-bond acceptors (Lipinski definition) is 5. The number of aromatic nitrogens is 2. The van der Waals surface area contributed by atoms with E-state index in [1.54, 1.807) is 19.1 Å². The number of para-hydroxylation sites is 2. The molecule has 0 amide bonds. The number of nitrogens with zero attached hydrogens (tertiary/aromatic N) is 2. The van der Waals surface area contributed by atoms with Crippen LogP contribution in [0.5, 0.6) is 5.75 Å². The number of fused-ring (bicyclic) bond motifs is 3. The Morgan fingerprint density at radius 2 is 1.74 bits per heavy atom. The second-order valence-corrected chi connectivity index (χ2v) is 7.29. The molecule has 1 atom stereocenters. The molecule has 0 bridgehead atoms. The molecule has 0 saturated heterocycles. The summed E-state index contributed by atoms with van der Waals surface area (Å²) in [6, 6.07) is 23.9. The number of ether oxygens (including phenoxy) is 1. The molecular weight excluding hydrogens is 390 g/mol. The number of phenolic OH excluding ortho intramolecular Hbond substituents is 1. The predicted molar refractivity (Wildman–Crippen MR) is 120 cm³/mol. The molecular formula is C25H21N3O3. The fourth-order valence-electron chi connectivity index (χ4n) is 4.07. The van der Waals surface area contributed by atoms with E-state index < -0.39 is 12.0 Å². The normalized spacial score (nSPS) is 15.5. The Hall–Kier alpha value is -4.06. The molecule has 4 aromatic rings. The van der Waals surface area contributed by atoms with E-state index in [1.165, 1.54) is 0 Å². The molecule has 0 spiro atoms. The zero-order valence-electron chi connectivity index (χ0n) is 16.9. The molecule has 1 aromatic heterocycles. The zero-order chi connectivity index (χ0) is 21.4. The molecule has 2 heterocycles. The van der Waals surface area contributed by atoms with Crippen molar-refractivity contribution in [2.45, 2.75) is 13.0 Å². The summed E-state index contributed by atoms with van der Waals surface area (Å²) in [5, 5.41) is 13.2. The van der Waals surface area contributed by atoms with E-state index >= 15 is 0 Å². The highest BCUT2D eigenvalue weighted by Crippen LogP contribution is 2.42. The van der Waals surface area contributed by atoms with Crippen molar-refractivity contribution in [1.82, 2.24) is 9.55 Å². The van der Waals surface area contributed by atoms with Gasteiger partial charge in [-0.2, -0.15) is 0 Å². The highest BCUT2D eigenvalue weighted by molar-refractivity contribution is 6.03. The summed E-state index contributed by atoms with van der Waals surface area (Å²) in [5.41, 5.74) is 4.60. The van der Waals surface area contributed by atoms with E-state index in [0.29, 0.717) is 17.2 Å². The smallest absolute Gasteiger partial charge is 0.338 e. The summed E-state index contributed by atoms with van der Waals surface area (Å²) in [7, 11) is 0. The van der Waals surface area contributed by atoms with Crippen molar-refractivity contribution in [2.75, 3.05) is 11.9 Å². The van der Waals surface area contributed by atoms with Crippen LogP contribution in [0.1, 0.15) is 24.1 Å². The van der Waals surface area contributed by atoms with Crippen LogP contribution in [0.25, 0.3) is 16.7 Å². The van der Waals surface area contributed by atoms with Crippen molar-refractivity contribution in [2.24, 2.45) is 0 Å². The number of benzene rings is 3. The van der Waals surface area contributed by atoms with Crippen molar-refractivity contribution < 1.29 is 14.6 Å². The third-order valence-electron chi connectivity index (χ3n) is 5.40. The fraction of sp³-hybridized carbons (Fsp3) is 0.120. The average Bonchev–Trinajstić information content (AvgIpc) is 3.17. The Kier molecular flexibility index (Phi) is 4.67. The number of aromatic hydroxyl groups is 1. The number of carbonyl (C=O) groups is 1. The summed E-state index contributed by atoms with van der Waals surface area (Å²) in [6.45, 7) is 2.06. The van der Waals surface area contributed by atoms with Crippen molar-refractivity contribution in [3.05, 3.63) is 95.6 Å². The average molecular weight is 411 g/mol. The molecule has 6 nitrogen and oxygen atoms in total. The quantitative estimate of drug-likeness (QED) is 0.475. The van der Waals surface area contributed by atoms with Crippen molar-refractivity contribution >= 4 is 28.6 Å². The maximum atomic E-state index is 13.3. The molecule has 2 N–H and O–H groups in total. The van der Waals surface area contributed by atoms with E-state index in [1.807, 2.05) is 71.3 Å². The van der Waals surface area contributed by atoms with Crippen LogP contribution in [0, 0.1) is 0 Å². The molecule has 154 valence electrons. The minimum Gasteiger partial charge on any atom is -0.508 e. The van der Waals surface area contributed by atoms with Crippen LogP contribution in [-0.2, 0) is 9.53 Å². The SMILES string of the molecule is CCOC(=O)C1=C(c2ccccc2)Nc2nc3ccccc3n2[C@H]1c1ccc(O)cc1. The molecule has 0 aliphatic carbocycles. The molecule has 1 aliphatic heterocycles. The summed E-state index contributed by atoms with van der Waals surface area (Å²) in [6.07, 6.45) is 0. The summed E-state index contributed by atoms with van der Waals surface area (Å²) < 4.78 is 7.51. The lowest BCUT2D eigenvalue weighted by Crippen LogP contribution is -2.29. The van der Waals surface area contributed by atoms with Crippen molar-refractivity contribution in [3.8, 4) is 5.75 Å². The molecule has 0 saturated carbocycles. The minimum absolute atomic E-state index is 0.165. The van der Waals surface area contributed by atoms with Gasteiger partial charge in [0.05, 0.1) is 35.0 Å². The maximum absolute atomic E-state index is 13.3. The first-order valence-corrected chi connectivity index (χ1v) is 10.2. The Labute approximate surface area is 179 Å². The summed E-state index contributed by atoms with van der Waals surface area (Å²) in [4.78, 5) is 18.1. The molecule has 0 fully saturated rings. The summed E-state index contributed by atoms with van der Waals surface area (Å²) in [5.74, 6) is 0.417. The number of carbonyl (C=O) groups excluding carboxylic acids is 1. The first kappa shape index (κ1) is 18.9. The highest BCUT2D eigenvalue weighted by Gasteiger charge is 2.36. The second kappa shape index (κ2) is 7.65. The van der Waals surface area contributed by atoms with E-state index in [2.05, 4.69) is 5.32 Å². The molecule has 3 aromatic carbocycles. The van der Waals surface area contributed by atoms with E-state index in [0.717, 1.165) is 22.2 Å². The first-order chi connectivity index (χ1) is 15.2. The third-order valence-corrected chi connectivity index (χ3v) is 5.40. The van der Waals surface area contributed by atoms with Crippen LogP contribution in [-0.4, -0.2) is 27.2 Å². The fourth-order valence-corrected chi connectivity index (χ4v) is 4.07. The number of esters is 1. The number of imidazole rings is 1. The van der Waals surface area contributed by atoms with Crippen LogP contribution in [0.2, 0.25) is 0 Å². The summed E-state index contributed by atoms with van der Waals surface area (Å²) >= 11 is 0. The van der Waals surface area contributed by atoms with E-state index in [-0.39, 0.29) is 12.4 Å². The Bertz CT molecular complexity index is 1290. The number of phenols is 1. The van der Waals surface area contributed by atoms with Gasteiger partial charge in [0.15, 0.2) is 0 Å². The molecule has 31 heavy (non-hydrogen) atoms. The lowest BCUT2D eigenvalue weighted by atomic mass is 9.92. The van der Waals surface area contributed by atoms with Gasteiger partial charge in [0, 0.05) is 0 Å². The Morgan fingerprint density at radius 1 is 1.03 bits per heavy atom. The van der Waals surface area contributed by atoms with Gasteiger partial charge in [0.25, 0.3) is 0 Å². The van der Waals surface area contributed by atoms with Gasteiger partial charge in [0.2, 0.25) is 5.95 Å². The van der Waals surface area contributed by atoms with Gasteiger partial charge >= 0.3 is 5.97 Å². The predicted octanol–water partition coefficient (Wildman–Crippen LogP) is 4.73. The molecule has 0 unspecified atom stereocenters. The third kappa shape index (κ3) is 3.22. The van der Waals surface area contributed by atoms with Crippen LogP contribution in [0.15, 0.2) is 84.4 Å². The lowest BCUT2D eigenvalue weighted by molar-refractivity contribution is -0.138. The standard InChI is InChI=1S/C25H21N3O3/c1-2-31-24(30)21-22(16-8-4-3-5-9-16)27-25-26-19-10-6-7-11-20(19)28(25)23(21)17-12-14-18(29)15-13-17/h3-15,23,29H,2H2,1H3,(H,26,27)/t23-/m0/s1. The van der Waals surface area contributed by atoms with Crippen LogP contribution >= 0.6 is 0 Å². The Morgan fingerprint density at radius 3 is 2.48 bits per heavy atom. The largest absolute Gasteiger partial charge is 0.508 e. The van der Waals surface area contributed by atoms with Crippen molar-refractivity contribution in [3.63, 3.8) is 0 Å². The van der Waals surface area contributed by atoms with Gasteiger partial charge < -0.3 is 15.2 Å². The monoisotopic (exact) mass is 411 g/mol. The Balaban J connectivity index is 1.83. The van der Waals surface area contributed by atoms with Crippen LogP contribution in [0.3, 0.4) is 0 Å². The lowest BCUT2D eigenvalue weighted by Gasteiger charge is -2.31. The van der Waals surface area contributed by atoms with Gasteiger partial charge in [0.1, 0.15) is 5.75 Å². The van der Waals surface area contributed by atoms with Crippen LogP contribution < -0.4 is 5.32 Å². The van der Waals surface area contributed by atoms with Gasteiger partial charge in [-0.3, -0.25) is 4.57 Å². The molecule has 6 heteroatoms. The van der Waals surface area contributed by atoms with Gasteiger partial charge in [-0.05, 0) is 42.3 Å². The van der Waals surface area contributed by atoms with Gasteiger partial charge in [-0.25, -0.2) is 9.78 Å². The molecule has 0 radical (unpaired) electrons. The van der Waals surface area contributed by atoms with Crippen LogP contribution in [0.4, 0.5) is 5.95 Å². The minimum atomic E-state index is -0.474. The topological polar surface area (TPSA) is 76.4 Å². The zero-order valence-corrected chi connectivity index (χ0v) is 16.9. The van der Waals surface area contributed by atoms with Gasteiger partial charge in [-0.1, -0.05) is 54.6 Å². The van der Waals surface area contributed by atoms with Gasteiger partial charge in [-0.15, -0.1) is 0 Å². The van der Waals surface area contributed by atoms with Crippen molar-refractivity contribution in [1.29, 1.82) is 0 Å². The number of rotatable bonds is 4. The molecule has 1 aliphatic rings. The molecule has 5 rings (SSSR count). The first-order valence-electron chi connectivity index (χ1n) is 10.2. The maximum Gasteiger partial charge on any atom is 0.338 e. The number of nitrogens with one attached hydrogen (secondary N) is 1. The van der Waals surface area contributed by atoms with E-state index in [9.17, 15) is 9.90 Å². The number of anilines is 1. The second-order valence-electron chi connectivity index (χ2n) is 7.29. The number of hydrogen-bond donors (Lipinski definition) is 2. The highest BCUT2D eigenvalue weighted by atomic mass is 16.5. The van der Waals surface area contributed by atoms with E-state index in [4.69, 9.17) is 9.72 Å².